The molecule has 5 nitrogen and oxygen atoms in total. The Morgan fingerprint density at radius 2 is 2.11 bits per heavy atom. The normalized spacial score (nSPS) is 19.3. The van der Waals surface area contributed by atoms with Crippen molar-refractivity contribution in [1.82, 2.24) is 15.5 Å². The molecule has 150 valence electrons. The van der Waals surface area contributed by atoms with Crippen molar-refractivity contribution in [2.24, 2.45) is 4.99 Å². The number of nitrogens with one attached hydrogen (secondary N) is 2. The van der Waals surface area contributed by atoms with Crippen LogP contribution in [0, 0.1) is 0 Å². The SMILES string of the molecule is CCNC(=NCc1cccs1)NCC(c1cccs1)N1CCOC(C)C1.I. The Bertz CT molecular complexity index is 663. The van der Waals surface area contributed by atoms with Gasteiger partial charge in [-0.15, -0.1) is 46.7 Å². The Morgan fingerprint density at radius 1 is 1.30 bits per heavy atom. The first-order chi connectivity index (χ1) is 12.8. The third-order valence-electron chi connectivity index (χ3n) is 4.37. The van der Waals surface area contributed by atoms with Crippen molar-refractivity contribution in [2.75, 3.05) is 32.8 Å². The van der Waals surface area contributed by atoms with Crippen LogP contribution in [0.1, 0.15) is 29.6 Å². The molecular weight excluding hydrogens is 491 g/mol. The lowest BCUT2D eigenvalue weighted by Crippen LogP contribution is -2.48. The Kier molecular flexibility index (Phi) is 10.1. The number of hydrogen-bond donors (Lipinski definition) is 2. The number of thiophene rings is 2. The van der Waals surface area contributed by atoms with Crippen molar-refractivity contribution >= 4 is 52.6 Å². The summed E-state index contributed by atoms with van der Waals surface area (Å²) in [5.74, 6) is 0.878. The summed E-state index contributed by atoms with van der Waals surface area (Å²) >= 11 is 3.57. The molecular formula is C19H29IN4OS2. The van der Waals surface area contributed by atoms with Gasteiger partial charge < -0.3 is 15.4 Å². The fraction of sp³-hybridized carbons (Fsp3) is 0.526. The van der Waals surface area contributed by atoms with Crippen LogP contribution in [-0.2, 0) is 11.3 Å². The molecule has 1 fully saturated rings. The van der Waals surface area contributed by atoms with Crippen molar-refractivity contribution in [2.45, 2.75) is 32.5 Å². The predicted molar refractivity (Wildman–Crippen MR) is 127 cm³/mol. The second-order valence-electron chi connectivity index (χ2n) is 6.36. The lowest BCUT2D eigenvalue weighted by Gasteiger charge is -2.37. The van der Waals surface area contributed by atoms with Gasteiger partial charge >= 0.3 is 0 Å². The fourth-order valence-corrected chi connectivity index (χ4v) is 4.60. The number of hydrogen-bond acceptors (Lipinski definition) is 5. The van der Waals surface area contributed by atoms with Crippen LogP contribution in [0.2, 0.25) is 0 Å². The standard InChI is InChI=1S/C19H28N4OS2.HI/c1-3-20-19(21-12-16-6-4-10-25-16)22-13-17(18-7-5-11-26-18)23-8-9-24-15(2)14-23;/h4-7,10-11,15,17H,3,8-9,12-14H2,1-2H3,(H2,20,21,22);1H. The second kappa shape index (κ2) is 12.0. The lowest BCUT2D eigenvalue weighted by molar-refractivity contribution is -0.0334. The molecule has 1 aliphatic heterocycles. The molecule has 1 saturated heterocycles. The molecule has 0 amide bonds. The predicted octanol–water partition coefficient (Wildman–Crippen LogP) is 3.94. The van der Waals surface area contributed by atoms with Crippen LogP contribution in [0.5, 0.6) is 0 Å². The van der Waals surface area contributed by atoms with Crippen LogP contribution in [0.25, 0.3) is 0 Å². The number of aliphatic imine (C=N–C) groups is 1. The van der Waals surface area contributed by atoms with Gasteiger partial charge in [-0.05, 0) is 36.7 Å². The summed E-state index contributed by atoms with van der Waals surface area (Å²) in [6, 6.07) is 8.90. The van der Waals surface area contributed by atoms with E-state index in [1.807, 2.05) is 11.3 Å². The quantitative estimate of drug-likeness (QED) is 0.330. The van der Waals surface area contributed by atoms with E-state index in [1.165, 1.54) is 9.75 Å². The number of morpholine rings is 1. The highest BCUT2D eigenvalue weighted by Gasteiger charge is 2.26. The molecule has 0 spiro atoms. The van der Waals surface area contributed by atoms with Crippen molar-refractivity contribution in [1.29, 1.82) is 0 Å². The molecule has 0 saturated carbocycles. The summed E-state index contributed by atoms with van der Waals surface area (Å²) < 4.78 is 5.73. The number of nitrogens with zero attached hydrogens (tertiary/aromatic N) is 2. The van der Waals surface area contributed by atoms with Gasteiger partial charge in [-0.3, -0.25) is 4.90 Å². The first-order valence-corrected chi connectivity index (χ1v) is 11.0. The minimum atomic E-state index is 0. The van der Waals surface area contributed by atoms with Gasteiger partial charge in [0.2, 0.25) is 0 Å². The van der Waals surface area contributed by atoms with Crippen LogP contribution < -0.4 is 10.6 Å². The molecule has 2 aromatic rings. The van der Waals surface area contributed by atoms with E-state index in [9.17, 15) is 0 Å². The maximum Gasteiger partial charge on any atom is 0.191 e. The topological polar surface area (TPSA) is 48.9 Å². The van der Waals surface area contributed by atoms with Crippen LogP contribution >= 0.6 is 46.7 Å². The van der Waals surface area contributed by atoms with Gasteiger partial charge in [0.25, 0.3) is 0 Å². The molecule has 3 rings (SSSR count). The monoisotopic (exact) mass is 520 g/mol. The number of rotatable bonds is 7. The van der Waals surface area contributed by atoms with E-state index in [4.69, 9.17) is 9.73 Å². The van der Waals surface area contributed by atoms with Gasteiger partial charge in [-0.2, -0.15) is 0 Å². The number of guanidine groups is 1. The van der Waals surface area contributed by atoms with E-state index in [0.29, 0.717) is 12.6 Å². The van der Waals surface area contributed by atoms with E-state index in [2.05, 4.69) is 64.4 Å². The summed E-state index contributed by atoms with van der Waals surface area (Å²) in [5.41, 5.74) is 0. The zero-order valence-corrected chi connectivity index (χ0v) is 19.9. The average Bonchev–Trinajstić information content (AvgIpc) is 3.34. The molecule has 0 bridgehead atoms. The van der Waals surface area contributed by atoms with Gasteiger partial charge in [0.15, 0.2) is 5.96 Å². The van der Waals surface area contributed by atoms with Crippen LogP contribution in [0.15, 0.2) is 40.0 Å². The highest BCUT2D eigenvalue weighted by molar-refractivity contribution is 14.0. The maximum absolute atomic E-state index is 5.73. The Morgan fingerprint density at radius 3 is 2.78 bits per heavy atom. The molecule has 27 heavy (non-hydrogen) atoms. The highest BCUT2D eigenvalue weighted by atomic mass is 127. The van der Waals surface area contributed by atoms with E-state index < -0.39 is 0 Å². The number of ether oxygens (including phenoxy) is 1. The molecule has 2 atom stereocenters. The maximum atomic E-state index is 5.73. The first-order valence-electron chi connectivity index (χ1n) is 9.20. The second-order valence-corrected chi connectivity index (χ2v) is 8.37. The molecule has 0 radical (unpaired) electrons. The molecule has 2 aromatic heterocycles. The summed E-state index contributed by atoms with van der Waals surface area (Å²) in [4.78, 5) is 9.92. The summed E-state index contributed by atoms with van der Waals surface area (Å²) in [5, 5.41) is 11.2. The van der Waals surface area contributed by atoms with E-state index in [0.717, 1.165) is 38.7 Å². The van der Waals surface area contributed by atoms with Crippen LogP contribution in [0.4, 0.5) is 0 Å². The van der Waals surface area contributed by atoms with Gasteiger partial charge in [-0.25, -0.2) is 4.99 Å². The van der Waals surface area contributed by atoms with Crippen molar-refractivity contribution < 1.29 is 4.74 Å². The molecule has 0 aromatic carbocycles. The summed E-state index contributed by atoms with van der Waals surface area (Å²) in [7, 11) is 0. The zero-order chi connectivity index (χ0) is 18.2. The Labute approximate surface area is 187 Å². The van der Waals surface area contributed by atoms with Gasteiger partial charge in [-0.1, -0.05) is 12.1 Å². The fourth-order valence-electron chi connectivity index (χ4n) is 3.11. The first kappa shape index (κ1) is 22.6. The molecule has 1 aliphatic rings. The Balaban J connectivity index is 0.00000261. The Hall–Kier alpha value is -0.680. The third kappa shape index (κ3) is 7.01. The molecule has 8 heteroatoms. The molecule has 2 unspecified atom stereocenters. The lowest BCUT2D eigenvalue weighted by atomic mass is 10.1. The molecule has 2 N–H and O–H groups in total. The van der Waals surface area contributed by atoms with E-state index >= 15 is 0 Å². The van der Waals surface area contributed by atoms with E-state index in [-0.39, 0.29) is 30.1 Å². The minimum absolute atomic E-state index is 0. The highest BCUT2D eigenvalue weighted by Crippen LogP contribution is 2.26. The average molecular weight is 521 g/mol. The third-order valence-corrected chi connectivity index (χ3v) is 6.20. The van der Waals surface area contributed by atoms with E-state index in [1.54, 1.807) is 11.3 Å². The molecule has 0 aliphatic carbocycles. The van der Waals surface area contributed by atoms with Crippen molar-refractivity contribution in [3.05, 3.63) is 44.8 Å². The van der Waals surface area contributed by atoms with Gasteiger partial charge in [0.1, 0.15) is 0 Å². The van der Waals surface area contributed by atoms with Gasteiger partial charge in [0, 0.05) is 35.9 Å². The van der Waals surface area contributed by atoms with Crippen molar-refractivity contribution in [3.63, 3.8) is 0 Å². The van der Waals surface area contributed by atoms with Crippen LogP contribution in [0.3, 0.4) is 0 Å². The van der Waals surface area contributed by atoms with Gasteiger partial charge in [0.05, 0.1) is 25.3 Å². The van der Waals surface area contributed by atoms with Crippen LogP contribution in [-0.4, -0.2) is 49.7 Å². The molecule has 3 heterocycles. The summed E-state index contributed by atoms with van der Waals surface area (Å²) in [6.45, 7) is 9.39. The zero-order valence-electron chi connectivity index (χ0n) is 15.9. The smallest absolute Gasteiger partial charge is 0.191 e. The largest absolute Gasteiger partial charge is 0.376 e. The number of halogens is 1. The van der Waals surface area contributed by atoms with Crippen molar-refractivity contribution in [3.8, 4) is 0 Å². The minimum Gasteiger partial charge on any atom is -0.376 e. The summed E-state index contributed by atoms with van der Waals surface area (Å²) in [6.07, 6.45) is 0.284.